The van der Waals surface area contributed by atoms with Crippen molar-refractivity contribution < 1.29 is 12.8 Å². The molecule has 0 saturated carbocycles. The van der Waals surface area contributed by atoms with Gasteiger partial charge in [-0.2, -0.15) is 22.5 Å². The second-order valence-corrected chi connectivity index (χ2v) is 7.59. The summed E-state index contributed by atoms with van der Waals surface area (Å²) in [5, 5.41) is 4.17. The van der Waals surface area contributed by atoms with Crippen LogP contribution < -0.4 is 4.72 Å². The van der Waals surface area contributed by atoms with E-state index in [4.69, 9.17) is 4.42 Å². The maximum absolute atomic E-state index is 12.8. The van der Waals surface area contributed by atoms with E-state index in [9.17, 15) is 8.42 Å². The number of aromatic nitrogens is 2. The van der Waals surface area contributed by atoms with Crippen LogP contribution in [-0.2, 0) is 17.3 Å². The van der Waals surface area contributed by atoms with Crippen LogP contribution in [0.5, 0.6) is 0 Å². The van der Waals surface area contributed by atoms with Gasteiger partial charge >= 0.3 is 0 Å². The molecule has 0 bridgehead atoms. The highest BCUT2D eigenvalue weighted by atomic mass is 32.2. The number of rotatable bonds is 5. The highest BCUT2D eigenvalue weighted by molar-refractivity contribution is 7.87. The zero-order chi connectivity index (χ0) is 16.6. The summed E-state index contributed by atoms with van der Waals surface area (Å²) in [5.74, 6) is 0.693. The van der Waals surface area contributed by atoms with Crippen LogP contribution >= 0.6 is 0 Å². The van der Waals surface area contributed by atoms with Crippen molar-refractivity contribution in [3.63, 3.8) is 0 Å². The highest BCUT2D eigenvalue weighted by Crippen LogP contribution is 2.34. The van der Waals surface area contributed by atoms with Gasteiger partial charge in [-0.1, -0.05) is 0 Å². The molecule has 23 heavy (non-hydrogen) atoms. The molecule has 0 radical (unpaired) electrons. The molecule has 3 heterocycles. The lowest BCUT2D eigenvalue weighted by Gasteiger charge is -2.25. The topological polar surface area (TPSA) is 80.4 Å². The Morgan fingerprint density at radius 3 is 2.87 bits per heavy atom. The van der Waals surface area contributed by atoms with E-state index in [1.165, 1.54) is 4.31 Å². The largest absolute Gasteiger partial charge is 0.468 e. The number of nitrogens with zero attached hydrogens (tertiary/aromatic N) is 3. The van der Waals surface area contributed by atoms with Crippen LogP contribution in [-0.4, -0.2) is 29.0 Å². The lowest BCUT2D eigenvalue weighted by molar-refractivity contribution is 0.333. The minimum atomic E-state index is -3.60. The van der Waals surface area contributed by atoms with E-state index in [-0.39, 0.29) is 12.1 Å². The molecule has 1 N–H and O–H groups in total. The van der Waals surface area contributed by atoms with Crippen LogP contribution in [0.25, 0.3) is 0 Å². The summed E-state index contributed by atoms with van der Waals surface area (Å²) < 4.78 is 37.0. The first-order valence-corrected chi connectivity index (χ1v) is 9.15. The van der Waals surface area contributed by atoms with Crippen molar-refractivity contribution in [2.24, 2.45) is 7.05 Å². The van der Waals surface area contributed by atoms with Crippen LogP contribution in [0.15, 0.2) is 29.0 Å². The van der Waals surface area contributed by atoms with Crippen molar-refractivity contribution >= 4 is 10.2 Å². The Balaban J connectivity index is 1.80. The molecule has 7 nitrogen and oxygen atoms in total. The lowest BCUT2D eigenvalue weighted by Crippen LogP contribution is -2.41. The summed E-state index contributed by atoms with van der Waals surface area (Å²) in [6.07, 6.45) is 4.88. The second kappa shape index (κ2) is 6.10. The monoisotopic (exact) mass is 338 g/mol. The molecule has 2 aromatic rings. The lowest BCUT2D eigenvalue weighted by atomic mass is 10.1. The molecule has 0 aromatic carbocycles. The Morgan fingerprint density at radius 1 is 1.48 bits per heavy atom. The van der Waals surface area contributed by atoms with Gasteiger partial charge < -0.3 is 4.42 Å². The molecule has 0 amide bonds. The molecule has 2 atom stereocenters. The second-order valence-electron chi connectivity index (χ2n) is 5.94. The van der Waals surface area contributed by atoms with Gasteiger partial charge in [0.1, 0.15) is 5.76 Å². The van der Waals surface area contributed by atoms with E-state index in [0.29, 0.717) is 12.3 Å². The minimum Gasteiger partial charge on any atom is -0.468 e. The summed E-state index contributed by atoms with van der Waals surface area (Å²) in [5.41, 5.74) is 1.83. The fourth-order valence-electron chi connectivity index (χ4n) is 3.09. The average molecular weight is 338 g/mol. The number of hydrogen-bond donors (Lipinski definition) is 1. The van der Waals surface area contributed by atoms with E-state index in [2.05, 4.69) is 9.82 Å². The van der Waals surface area contributed by atoms with E-state index in [1.807, 2.05) is 27.0 Å². The van der Waals surface area contributed by atoms with Gasteiger partial charge in [-0.25, -0.2) is 0 Å². The SMILES string of the molecule is Cc1c([C@@H](C)NS(=O)(=O)N2CCC[C@@H]2c2ccco2)cnn1C. The molecular weight excluding hydrogens is 316 g/mol. The van der Waals surface area contributed by atoms with Crippen LogP contribution in [0.4, 0.5) is 0 Å². The standard InChI is InChI=1S/C15H22N4O3S/c1-11(13-10-16-18(3)12(13)2)17-23(20,21)19-8-4-6-14(19)15-7-5-9-22-15/h5,7,9-11,14,17H,4,6,8H2,1-3H3/t11-,14-/m1/s1. The number of aryl methyl sites for hydroxylation is 1. The smallest absolute Gasteiger partial charge is 0.280 e. The van der Waals surface area contributed by atoms with E-state index < -0.39 is 10.2 Å². The Hall–Kier alpha value is -1.64. The molecule has 3 rings (SSSR count). The van der Waals surface area contributed by atoms with Crippen LogP contribution in [0.3, 0.4) is 0 Å². The summed E-state index contributed by atoms with van der Waals surface area (Å²) in [7, 11) is -1.76. The summed E-state index contributed by atoms with van der Waals surface area (Å²) >= 11 is 0. The minimum absolute atomic E-state index is 0.232. The van der Waals surface area contributed by atoms with Gasteiger partial charge in [0.05, 0.1) is 18.5 Å². The van der Waals surface area contributed by atoms with Gasteiger partial charge in [-0.05, 0) is 38.8 Å². The summed E-state index contributed by atoms with van der Waals surface area (Å²) in [6.45, 7) is 4.26. The van der Waals surface area contributed by atoms with Crippen molar-refractivity contribution in [3.8, 4) is 0 Å². The predicted molar refractivity (Wildman–Crippen MR) is 85.8 cm³/mol. The van der Waals surface area contributed by atoms with Crippen molar-refractivity contribution in [3.05, 3.63) is 41.6 Å². The van der Waals surface area contributed by atoms with Gasteiger partial charge in [0, 0.05) is 30.9 Å². The third-order valence-corrected chi connectivity index (χ3v) is 6.16. The molecule has 2 aromatic heterocycles. The average Bonchev–Trinajstić information content (AvgIpc) is 3.20. The number of hydrogen-bond acceptors (Lipinski definition) is 4. The van der Waals surface area contributed by atoms with Gasteiger partial charge in [-0.15, -0.1) is 0 Å². The van der Waals surface area contributed by atoms with Crippen LogP contribution in [0.2, 0.25) is 0 Å². The van der Waals surface area contributed by atoms with Gasteiger partial charge in [0.25, 0.3) is 10.2 Å². The molecule has 0 aliphatic carbocycles. The van der Waals surface area contributed by atoms with Crippen molar-refractivity contribution in [2.45, 2.75) is 38.8 Å². The van der Waals surface area contributed by atoms with E-state index in [1.54, 1.807) is 23.2 Å². The first-order valence-electron chi connectivity index (χ1n) is 7.71. The molecule has 8 heteroatoms. The Morgan fingerprint density at radius 2 is 2.26 bits per heavy atom. The molecule has 0 unspecified atom stereocenters. The van der Waals surface area contributed by atoms with Crippen LogP contribution in [0.1, 0.15) is 48.9 Å². The Bertz CT molecular complexity index is 767. The zero-order valence-electron chi connectivity index (χ0n) is 13.6. The quantitative estimate of drug-likeness (QED) is 0.905. The maximum Gasteiger partial charge on any atom is 0.280 e. The van der Waals surface area contributed by atoms with Gasteiger partial charge in [-0.3, -0.25) is 4.68 Å². The molecule has 1 aliphatic rings. The Labute approximate surface area is 136 Å². The molecule has 0 spiro atoms. The first-order chi connectivity index (χ1) is 10.9. The van der Waals surface area contributed by atoms with E-state index in [0.717, 1.165) is 24.1 Å². The van der Waals surface area contributed by atoms with Crippen LogP contribution in [0, 0.1) is 6.92 Å². The number of nitrogens with one attached hydrogen (secondary N) is 1. The Kier molecular flexibility index (Phi) is 4.31. The normalized spacial score (nSPS) is 20.9. The van der Waals surface area contributed by atoms with Crippen molar-refractivity contribution in [1.29, 1.82) is 0 Å². The van der Waals surface area contributed by atoms with Gasteiger partial charge in [0.15, 0.2) is 0 Å². The third kappa shape index (κ3) is 3.06. The molecular formula is C15H22N4O3S. The zero-order valence-corrected chi connectivity index (χ0v) is 14.4. The molecule has 1 saturated heterocycles. The summed E-state index contributed by atoms with van der Waals surface area (Å²) in [4.78, 5) is 0. The van der Waals surface area contributed by atoms with E-state index >= 15 is 0 Å². The fourth-order valence-corrected chi connectivity index (χ4v) is 4.71. The first kappa shape index (κ1) is 16.2. The molecule has 126 valence electrons. The molecule has 1 fully saturated rings. The predicted octanol–water partition coefficient (Wildman–Crippen LogP) is 2.05. The highest BCUT2D eigenvalue weighted by Gasteiger charge is 2.37. The number of furan rings is 1. The fraction of sp³-hybridized carbons (Fsp3) is 0.533. The van der Waals surface area contributed by atoms with Crippen molar-refractivity contribution in [2.75, 3.05) is 6.54 Å². The van der Waals surface area contributed by atoms with Crippen molar-refractivity contribution in [1.82, 2.24) is 18.8 Å². The third-order valence-electron chi connectivity index (χ3n) is 4.45. The van der Waals surface area contributed by atoms with Gasteiger partial charge in [0.2, 0.25) is 0 Å². The molecule has 1 aliphatic heterocycles. The summed E-state index contributed by atoms with van der Waals surface area (Å²) in [6, 6.07) is 3.04. The maximum atomic E-state index is 12.8.